The Labute approximate surface area is 148 Å². The molecule has 1 aliphatic rings. The number of carbonyl (C=O) groups is 2. The van der Waals surface area contributed by atoms with E-state index in [1.165, 1.54) is 12.3 Å². The second kappa shape index (κ2) is 6.83. The molecule has 0 aliphatic heterocycles. The first kappa shape index (κ1) is 16.1. The van der Waals surface area contributed by atoms with Gasteiger partial charge in [0.1, 0.15) is 0 Å². The maximum absolute atomic E-state index is 12.0. The first-order valence-corrected chi connectivity index (χ1v) is 8.24. The number of rotatable bonds is 6. The maximum Gasteiger partial charge on any atom is 0.287 e. The summed E-state index contributed by atoms with van der Waals surface area (Å²) in [5, 5.41) is 9.20. The van der Waals surface area contributed by atoms with Crippen LogP contribution >= 0.6 is 0 Å². The van der Waals surface area contributed by atoms with E-state index in [1.807, 2.05) is 6.07 Å². The van der Waals surface area contributed by atoms with Gasteiger partial charge in [0.05, 0.1) is 12.8 Å². The fourth-order valence-electron chi connectivity index (χ4n) is 2.45. The molecule has 1 aliphatic carbocycles. The van der Waals surface area contributed by atoms with Crippen LogP contribution in [-0.4, -0.2) is 28.5 Å². The third kappa shape index (κ3) is 3.64. The van der Waals surface area contributed by atoms with Gasteiger partial charge in [-0.15, -0.1) is 0 Å². The highest BCUT2D eigenvalue weighted by atomic mass is 16.5. The zero-order valence-corrected chi connectivity index (χ0v) is 13.8. The van der Waals surface area contributed by atoms with Gasteiger partial charge in [-0.1, -0.05) is 17.3 Å². The van der Waals surface area contributed by atoms with E-state index in [9.17, 15) is 9.59 Å². The minimum Gasteiger partial charge on any atom is -0.459 e. The lowest BCUT2D eigenvalue weighted by Crippen LogP contribution is -2.32. The van der Waals surface area contributed by atoms with Crippen molar-refractivity contribution in [3.8, 4) is 11.4 Å². The molecule has 132 valence electrons. The molecule has 26 heavy (non-hydrogen) atoms. The Balaban J connectivity index is 1.36. The molecule has 0 atom stereocenters. The van der Waals surface area contributed by atoms with Crippen molar-refractivity contribution in [1.82, 2.24) is 15.5 Å². The second-order valence-corrected chi connectivity index (χ2v) is 6.02. The summed E-state index contributed by atoms with van der Waals surface area (Å²) < 4.78 is 10.2. The molecule has 2 heterocycles. The average Bonchev–Trinajstić information content (AvgIpc) is 3.14. The third-order valence-corrected chi connectivity index (χ3v) is 3.93. The van der Waals surface area contributed by atoms with Gasteiger partial charge in [-0.3, -0.25) is 9.59 Å². The molecule has 2 aromatic heterocycles. The van der Waals surface area contributed by atoms with Crippen LogP contribution in [0.5, 0.6) is 0 Å². The van der Waals surface area contributed by atoms with Gasteiger partial charge in [0.25, 0.3) is 5.91 Å². The van der Waals surface area contributed by atoms with Crippen LogP contribution in [-0.2, 0) is 4.79 Å². The standard InChI is InChI=1S/C18H16N4O4/c23-15(10-19-17(24)14-5-2-8-25-14)20-13-4-1-3-12(9-13)16-21-18(26-22-16)11-6-7-11/h1-5,8-9,11H,6-7,10H2,(H,19,24)(H,20,23). The van der Waals surface area contributed by atoms with Gasteiger partial charge in [-0.05, 0) is 37.1 Å². The van der Waals surface area contributed by atoms with Crippen LogP contribution in [0.4, 0.5) is 5.69 Å². The van der Waals surface area contributed by atoms with Crippen LogP contribution in [0, 0.1) is 0 Å². The Kier molecular flexibility index (Phi) is 4.22. The van der Waals surface area contributed by atoms with Gasteiger partial charge in [0, 0.05) is 17.2 Å². The predicted molar refractivity (Wildman–Crippen MR) is 91.4 cm³/mol. The number of aromatic nitrogens is 2. The Morgan fingerprint density at radius 1 is 1.19 bits per heavy atom. The summed E-state index contributed by atoms with van der Waals surface area (Å²) in [6.07, 6.45) is 3.57. The SMILES string of the molecule is O=C(CNC(=O)c1ccco1)Nc1cccc(-c2noc(C3CC3)n2)c1. The van der Waals surface area contributed by atoms with Gasteiger partial charge >= 0.3 is 0 Å². The highest BCUT2D eigenvalue weighted by molar-refractivity contribution is 5.98. The topological polar surface area (TPSA) is 110 Å². The molecular weight excluding hydrogens is 336 g/mol. The Bertz CT molecular complexity index is 928. The molecule has 8 nitrogen and oxygen atoms in total. The van der Waals surface area contributed by atoms with Crippen molar-refractivity contribution in [2.75, 3.05) is 11.9 Å². The van der Waals surface area contributed by atoms with Crippen LogP contribution in [0.25, 0.3) is 11.4 Å². The third-order valence-electron chi connectivity index (χ3n) is 3.93. The van der Waals surface area contributed by atoms with Crippen LogP contribution in [0.15, 0.2) is 51.6 Å². The van der Waals surface area contributed by atoms with Gasteiger partial charge < -0.3 is 19.6 Å². The molecule has 1 saturated carbocycles. The molecular formula is C18H16N4O4. The van der Waals surface area contributed by atoms with Crippen molar-refractivity contribution in [1.29, 1.82) is 0 Å². The Hall–Kier alpha value is -3.42. The minimum atomic E-state index is -0.446. The number of nitrogens with one attached hydrogen (secondary N) is 2. The zero-order chi connectivity index (χ0) is 17.9. The summed E-state index contributed by atoms with van der Waals surface area (Å²) in [5.41, 5.74) is 1.33. The van der Waals surface area contributed by atoms with Crippen molar-refractivity contribution >= 4 is 17.5 Å². The van der Waals surface area contributed by atoms with Crippen molar-refractivity contribution in [3.63, 3.8) is 0 Å². The van der Waals surface area contributed by atoms with Crippen molar-refractivity contribution < 1.29 is 18.5 Å². The van der Waals surface area contributed by atoms with Crippen LogP contribution < -0.4 is 10.6 Å². The van der Waals surface area contributed by atoms with Crippen LogP contribution in [0.2, 0.25) is 0 Å². The number of benzene rings is 1. The lowest BCUT2D eigenvalue weighted by atomic mass is 10.2. The lowest BCUT2D eigenvalue weighted by molar-refractivity contribution is -0.115. The van der Waals surface area contributed by atoms with E-state index in [4.69, 9.17) is 8.94 Å². The number of anilines is 1. The Morgan fingerprint density at radius 3 is 2.85 bits per heavy atom. The predicted octanol–water partition coefficient (Wildman–Crippen LogP) is 2.58. The molecule has 0 unspecified atom stereocenters. The number of furan rings is 1. The lowest BCUT2D eigenvalue weighted by Gasteiger charge is -2.07. The summed E-state index contributed by atoms with van der Waals surface area (Å²) in [7, 11) is 0. The van der Waals surface area contributed by atoms with Gasteiger partial charge in [0.15, 0.2) is 5.76 Å². The molecule has 1 aromatic carbocycles. The largest absolute Gasteiger partial charge is 0.459 e. The molecule has 0 spiro atoms. The highest BCUT2D eigenvalue weighted by Crippen LogP contribution is 2.39. The maximum atomic E-state index is 12.0. The number of carbonyl (C=O) groups excluding carboxylic acids is 2. The van der Waals surface area contributed by atoms with Gasteiger partial charge in [0.2, 0.25) is 17.6 Å². The molecule has 4 rings (SSSR count). The quantitative estimate of drug-likeness (QED) is 0.705. The summed E-state index contributed by atoms with van der Waals surface area (Å²) in [6, 6.07) is 10.3. The number of hydrogen-bond donors (Lipinski definition) is 2. The fraction of sp³-hybridized carbons (Fsp3) is 0.222. The summed E-state index contributed by atoms with van der Waals surface area (Å²) in [4.78, 5) is 28.2. The molecule has 8 heteroatoms. The number of nitrogens with zero attached hydrogens (tertiary/aromatic N) is 2. The highest BCUT2D eigenvalue weighted by Gasteiger charge is 2.29. The summed E-state index contributed by atoms with van der Waals surface area (Å²) >= 11 is 0. The fourth-order valence-corrected chi connectivity index (χ4v) is 2.45. The molecule has 0 bridgehead atoms. The van der Waals surface area contributed by atoms with E-state index in [1.54, 1.807) is 24.3 Å². The number of amides is 2. The first-order chi connectivity index (χ1) is 12.7. The molecule has 0 saturated heterocycles. The summed E-state index contributed by atoms with van der Waals surface area (Å²) in [5.74, 6) is 0.900. The average molecular weight is 352 g/mol. The molecule has 2 amide bonds. The van der Waals surface area contributed by atoms with Crippen molar-refractivity contribution in [2.45, 2.75) is 18.8 Å². The van der Waals surface area contributed by atoms with Gasteiger partial charge in [-0.2, -0.15) is 4.98 Å². The smallest absolute Gasteiger partial charge is 0.287 e. The number of hydrogen-bond acceptors (Lipinski definition) is 6. The van der Waals surface area contributed by atoms with E-state index < -0.39 is 5.91 Å². The first-order valence-electron chi connectivity index (χ1n) is 8.24. The van der Waals surface area contributed by atoms with E-state index in [0.29, 0.717) is 23.3 Å². The monoisotopic (exact) mass is 352 g/mol. The molecule has 0 radical (unpaired) electrons. The Morgan fingerprint density at radius 2 is 2.08 bits per heavy atom. The van der Waals surface area contributed by atoms with Crippen molar-refractivity contribution in [2.24, 2.45) is 0 Å². The molecule has 3 aromatic rings. The van der Waals surface area contributed by atoms with E-state index in [2.05, 4.69) is 20.8 Å². The van der Waals surface area contributed by atoms with Crippen molar-refractivity contribution in [3.05, 3.63) is 54.3 Å². The minimum absolute atomic E-state index is 0.156. The van der Waals surface area contributed by atoms with Crippen LogP contribution in [0.1, 0.15) is 35.2 Å². The van der Waals surface area contributed by atoms with E-state index in [0.717, 1.165) is 18.4 Å². The normalized spacial score (nSPS) is 13.4. The van der Waals surface area contributed by atoms with Gasteiger partial charge in [-0.25, -0.2) is 0 Å². The summed E-state index contributed by atoms with van der Waals surface area (Å²) in [6.45, 7) is -0.169. The zero-order valence-electron chi connectivity index (χ0n) is 13.8. The second-order valence-electron chi connectivity index (χ2n) is 6.02. The van der Waals surface area contributed by atoms with E-state index in [-0.39, 0.29) is 18.2 Å². The van der Waals surface area contributed by atoms with Crippen LogP contribution in [0.3, 0.4) is 0 Å². The van der Waals surface area contributed by atoms with E-state index >= 15 is 0 Å². The molecule has 2 N–H and O–H groups in total. The molecule has 1 fully saturated rings.